The number of aryl methyl sites for hydroxylation is 1. The van der Waals surface area contributed by atoms with Gasteiger partial charge in [-0.25, -0.2) is 14.6 Å². The maximum Gasteiger partial charge on any atom is 0.276 e. The maximum atomic E-state index is 12.9. The third-order valence-corrected chi connectivity index (χ3v) is 5.27. The first-order chi connectivity index (χ1) is 15.2. The largest absolute Gasteiger partial charge is 0.355 e. The molecule has 1 amide bonds. The third kappa shape index (κ3) is 3.89. The minimum absolute atomic E-state index is 0.124. The molecule has 1 aliphatic rings. The number of amides is 1. The van der Waals surface area contributed by atoms with Gasteiger partial charge in [0.15, 0.2) is 17.3 Å². The highest BCUT2D eigenvalue weighted by molar-refractivity contribution is 5.93. The van der Waals surface area contributed by atoms with Gasteiger partial charge in [0, 0.05) is 50.1 Å². The van der Waals surface area contributed by atoms with E-state index < -0.39 is 0 Å². The van der Waals surface area contributed by atoms with E-state index in [2.05, 4.69) is 25.1 Å². The van der Waals surface area contributed by atoms with Gasteiger partial charge in [0.05, 0.1) is 5.69 Å². The molecule has 0 aliphatic carbocycles. The topological polar surface area (TPSA) is 93.2 Å². The van der Waals surface area contributed by atoms with Crippen molar-refractivity contribution in [2.45, 2.75) is 6.92 Å². The number of benzene rings is 1. The van der Waals surface area contributed by atoms with E-state index in [-0.39, 0.29) is 5.91 Å². The molecule has 1 fully saturated rings. The second kappa shape index (κ2) is 8.02. The van der Waals surface area contributed by atoms with Crippen molar-refractivity contribution in [3.63, 3.8) is 0 Å². The lowest BCUT2D eigenvalue weighted by Gasteiger charge is -2.35. The zero-order chi connectivity index (χ0) is 21.2. The van der Waals surface area contributed by atoms with Crippen LogP contribution < -0.4 is 4.90 Å². The Morgan fingerprint density at radius 3 is 2.48 bits per heavy atom. The van der Waals surface area contributed by atoms with Gasteiger partial charge in [0.25, 0.3) is 5.91 Å². The molecule has 0 saturated carbocycles. The molecule has 0 radical (unpaired) electrons. The quantitative estimate of drug-likeness (QED) is 0.506. The molecule has 4 aromatic rings. The van der Waals surface area contributed by atoms with Crippen LogP contribution in [-0.4, -0.2) is 61.9 Å². The average Bonchev–Trinajstić information content (AvgIpc) is 3.49. The second-order valence-electron chi connectivity index (χ2n) is 7.36. The minimum atomic E-state index is -0.124. The van der Waals surface area contributed by atoms with Crippen LogP contribution in [-0.2, 0) is 0 Å². The maximum absolute atomic E-state index is 12.9. The van der Waals surface area contributed by atoms with Crippen LogP contribution in [0.1, 0.15) is 16.2 Å². The van der Waals surface area contributed by atoms with Gasteiger partial charge in [-0.1, -0.05) is 35.5 Å². The van der Waals surface area contributed by atoms with E-state index in [1.807, 2.05) is 55.6 Å². The number of aromatic nitrogens is 5. The highest BCUT2D eigenvalue weighted by Crippen LogP contribution is 2.21. The molecular formula is C22H21N7O2. The van der Waals surface area contributed by atoms with E-state index in [4.69, 9.17) is 4.52 Å². The number of hydrogen-bond acceptors (Lipinski definition) is 7. The fourth-order valence-corrected chi connectivity index (χ4v) is 3.59. The van der Waals surface area contributed by atoms with Gasteiger partial charge < -0.3 is 14.3 Å². The summed E-state index contributed by atoms with van der Waals surface area (Å²) in [5.41, 5.74) is 2.15. The van der Waals surface area contributed by atoms with Crippen LogP contribution in [0.2, 0.25) is 0 Å². The van der Waals surface area contributed by atoms with Gasteiger partial charge in [-0.3, -0.25) is 4.79 Å². The predicted octanol–water partition coefficient (Wildman–Crippen LogP) is 2.59. The molecule has 4 heterocycles. The Morgan fingerprint density at radius 1 is 0.968 bits per heavy atom. The zero-order valence-corrected chi connectivity index (χ0v) is 17.0. The number of nitrogens with zero attached hydrogens (tertiary/aromatic N) is 7. The molecule has 0 bridgehead atoms. The first-order valence-corrected chi connectivity index (χ1v) is 10.1. The summed E-state index contributed by atoms with van der Waals surface area (Å²) in [6, 6.07) is 15.2. The number of carbonyl (C=O) groups is 1. The van der Waals surface area contributed by atoms with Crippen LogP contribution in [0.15, 0.2) is 65.6 Å². The minimum Gasteiger partial charge on any atom is -0.355 e. The Bertz CT molecular complexity index is 1190. The molecule has 0 atom stereocenters. The van der Waals surface area contributed by atoms with Crippen LogP contribution in [0, 0.1) is 6.92 Å². The monoisotopic (exact) mass is 415 g/mol. The van der Waals surface area contributed by atoms with Gasteiger partial charge in [0.2, 0.25) is 0 Å². The van der Waals surface area contributed by atoms with Gasteiger partial charge in [-0.2, -0.15) is 5.10 Å². The molecule has 3 aromatic heterocycles. The Kier molecular flexibility index (Phi) is 4.91. The molecule has 0 unspecified atom stereocenters. The fourth-order valence-electron chi connectivity index (χ4n) is 3.59. The van der Waals surface area contributed by atoms with Crippen molar-refractivity contribution in [3.8, 4) is 17.1 Å². The number of anilines is 1. The Hall–Kier alpha value is -4.01. The molecule has 156 valence electrons. The molecule has 31 heavy (non-hydrogen) atoms. The van der Waals surface area contributed by atoms with Gasteiger partial charge in [-0.05, 0) is 13.0 Å². The van der Waals surface area contributed by atoms with Crippen molar-refractivity contribution in [1.82, 2.24) is 29.8 Å². The lowest BCUT2D eigenvalue weighted by Crippen LogP contribution is -2.49. The molecular weight excluding hydrogens is 394 g/mol. The van der Waals surface area contributed by atoms with E-state index in [0.29, 0.717) is 43.5 Å². The SMILES string of the molecule is Cc1ccn(-c2cc(N3CCN(C(=O)c4cc(-c5ccccc5)on4)CC3)ncn2)n1. The third-order valence-electron chi connectivity index (χ3n) is 5.27. The summed E-state index contributed by atoms with van der Waals surface area (Å²) in [5.74, 6) is 2.00. The summed E-state index contributed by atoms with van der Waals surface area (Å²) < 4.78 is 7.11. The molecule has 1 aromatic carbocycles. The van der Waals surface area contributed by atoms with Crippen LogP contribution in [0.3, 0.4) is 0 Å². The highest BCUT2D eigenvalue weighted by Gasteiger charge is 2.25. The van der Waals surface area contributed by atoms with Crippen molar-refractivity contribution in [2.75, 3.05) is 31.1 Å². The van der Waals surface area contributed by atoms with Crippen LogP contribution in [0.5, 0.6) is 0 Å². The van der Waals surface area contributed by atoms with Crippen LogP contribution in [0.25, 0.3) is 17.1 Å². The molecule has 0 spiro atoms. The van der Waals surface area contributed by atoms with Crippen molar-refractivity contribution in [3.05, 3.63) is 72.4 Å². The fraction of sp³-hybridized carbons (Fsp3) is 0.227. The van der Waals surface area contributed by atoms with Crippen molar-refractivity contribution >= 4 is 11.7 Å². The van der Waals surface area contributed by atoms with Crippen molar-refractivity contribution in [2.24, 2.45) is 0 Å². The number of hydrogen-bond donors (Lipinski definition) is 0. The van der Waals surface area contributed by atoms with Gasteiger partial charge in [0.1, 0.15) is 12.1 Å². The Labute approximate surface area is 178 Å². The molecule has 1 saturated heterocycles. The van der Waals surface area contributed by atoms with Crippen molar-refractivity contribution in [1.29, 1.82) is 0 Å². The van der Waals surface area contributed by atoms with E-state index >= 15 is 0 Å². The standard InChI is InChI=1S/C22H21N7O2/c1-16-7-8-29(25-16)21-14-20(23-15-24-21)27-9-11-28(12-10-27)22(30)18-13-19(31-26-18)17-5-3-2-4-6-17/h2-8,13-15H,9-12H2,1H3. The first-order valence-electron chi connectivity index (χ1n) is 10.1. The molecule has 1 aliphatic heterocycles. The van der Waals surface area contributed by atoms with Gasteiger partial charge >= 0.3 is 0 Å². The highest BCUT2D eigenvalue weighted by atomic mass is 16.5. The van der Waals surface area contributed by atoms with Crippen LogP contribution >= 0.6 is 0 Å². The second-order valence-corrected chi connectivity index (χ2v) is 7.36. The predicted molar refractivity (Wildman–Crippen MR) is 114 cm³/mol. The number of rotatable bonds is 4. The Morgan fingerprint density at radius 2 is 1.74 bits per heavy atom. The van der Waals surface area contributed by atoms with Crippen molar-refractivity contribution < 1.29 is 9.32 Å². The summed E-state index contributed by atoms with van der Waals surface area (Å²) in [4.78, 5) is 25.5. The van der Waals surface area contributed by atoms with Gasteiger partial charge in [-0.15, -0.1) is 0 Å². The average molecular weight is 415 g/mol. The normalized spacial score (nSPS) is 14.1. The zero-order valence-electron chi connectivity index (χ0n) is 17.0. The summed E-state index contributed by atoms with van der Waals surface area (Å²) in [6.45, 7) is 4.43. The van der Waals surface area contributed by atoms with E-state index in [1.54, 1.807) is 22.0 Å². The molecule has 9 nitrogen and oxygen atoms in total. The summed E-state index contributed by atoms with van der Waals surface area (Å²) >= 11 is 0. The Balaban J connectivity index is 1.25. The summed E-state index contributed by atoms with van der Waals surface area (Å²) in [6.07, 6.45) is 3.42. The lowest BCUT2D eigenvalue weighted by molar-refractivity contribution is 0.0736. The van der Waals surface area contributed by atoms with E-state index in [1.165, 1.54) is 0 Å². The molecule has 0 N–H and O–H groups in total. The lowest BCUT2D eigenvalue weighted by atomic mass is 10.1. The summed E-state index contributed by atoms with van der Waals surface area (Å²) in [5, 5.41) is 8.38. The molecule has 9 heteroatoms. The van der Waals surface area contributed by atoms with E-state index in [9.17, 15) is 4.79 Å². The smallest absolute Gasteiger partial charge is 0.276 e. The summed E-state index contributed by atoms with van der Waals surface area (Å²) in [7, 11) is 0. The van der Waals surface area contributed by atoms with E-state index in [0.717, 1.165) is 17.1 Å². The molecule has 5 rings (SSSR count). The number of piperazine rings is 1. The van der Waals surface area contributed by atoms with Crippen LogP contribution in [0.4, 0.5) is 5.82 Å². The first kappa shape index (κ1) is 19.0. The number of carbonyl (C=O) groups excluding carboxylic acids is 1.